The van der Waals surface area contributed by atoms with Crippen LogP contribution in [0.2, 0.25) is 0 Å². The Hall–Kier alpha value is -4.20. The second kappa shape index (κ2) is 8.30. The first kappa shape index (κ1) is 20.4. The van der Waals surface area contributed by atoms with Gasteiger partial charge in [0.1, 0.15) is 17.3 Å². The van der Waals surface area contributed by atoms with Gasteiger partial charge >= 0.3 is 0 Å². The van der Waals surface area contributed by atoms with E-state index >= 15 is 0 Å². The molecule has 1 unspecified atom stereocenters. The molecule has 1 amide bonds. The minimum absolute atomic E-state index is 0.0512. The van der Waals surface area contributed by atoms with E-state index in [9.17, 15) is 4.79 Å². The Morgan fingerprint density at radius 1 is 1.03 bits per heavy atom. The fourth-order valence-electron chi connectivity index (χ4n) is 4.67. The first-order chi connectivity index (χ1) is 16.7. The van der Waals surface area contributed by atoms with E-state index < -0.39 is 0 Å². The summed E-state index contributed by atoms with van der Waals surface area (Å²) in [5.41, 5.74) is 2.79. The number of para-hydroxylation sites is 1. The number of aryl methyl sites for hydroxylation is 1. The van der Waals surface area contributed by atoms with Crippen LogP contribution >= 0.6 is 0 Å². The average Bonchev–Trinajstić information content (AvgIpc) is 3.62. The van der Waals surface area contributed by atoms with Gasteiger partial charge in [-0.15, -0.1) is 10.2 Å². The second-order valence-corrected chi connectivity index (χ2v) is 8.66. The maximum absolute atomic E-state index is 13.8. The average molecular weight is 453 g/mol. The largest absolute Gasteiger partial charge is 0.460 e. The predicted molar refractivity (Wildman–Crippen MR) is 127 cm³/mol. The number of piperidine rings is 1. The third-order valence-corrected chi connectivity index (χ3v) is 6.35. The third-order valence-electron chi connectivity index (χ3n) is 6.35. The highest BCUT2D eigenvalue weighted by molar-refractivity contribution is 5.99. The molecule has 1 saturated heterocycles. The lowest BCUT2D eigenvalue weighted by molar-refractivity contribution is 0.0704. The first-order valence-electron chi connectivity index (χ1n) is 11.5. The van der Waals surface area contributed by atoms with Gasteiger partial charge in [0.2, 0.25) is 0 Å². The van der Waals surface area contributed by atoms with Crippen LogP contribution in [0.4, 0.5) is 0 Å². The van der Waals surface area contributed by atoms with E-state index in [1.807, 2.05) is 83.1 Å². The van der Waals surface area contributed by atoms with Crippen LogP contribution in [0.15, 0.2) is 77.5 Å². The van der Waals surface area contributed by atoms with Crippen molar-refractivity contribution in [3.63, 3.8) is 0 Å². The quantitative estimate of drug-likeness (QED) is 0.401. The Labute approximate surface area is 196 Å². The number of pyridine rings is 1. The van der Waals surface area contributed by atoms with Gasteiger partial charge < -0.3 is 9.32 Å². The number of hydrogen-bond acceptors (Lipinski definition) is 5. The summed E-state index contributed by atoms with van der Waals surface area (Å²) in [5, 5.41) is 13.5. The number of aromatic nitrogens is 5. The number of fused-ring (bicyclic) bond motifs is 1. The van der Waals surface area contributed by atoms with Crippen molar-refractivity contribution < 1.29 is 9.21 Å². The standard InChI is InChI=1S/C26H24N6O2/c1-18-12-13-22(34-18)24-21(17-32(29-24)20-9-3-2-4-10-20)26(33)30-14-7-8-19(16-30)25-28-27-23-11-5-6-15-31(23)25/h2-6,9-13,15,17,19H,7-8,14,16H2,1H3. The van der Waals surface area contributed by atoms with Crippen molar-refractivity contribution in [2.75, 3.05) is 13.1 Å². The maximum atomic E-state index is 13.8. The topological polar surface area (TPSA) is 81.5 Å². The van der Waals surface area contributed by atoms with E-state index in [1.165, 1.54) is 0 Å². The first-order valence-corrected chi connectivity index (χ1v) is 11.5. The lowest BCUT2D eigenvalue weighted by Gasteiger charge is -2.31. The smallest absolute Gasteiger partial charge is 0.257 e. The summed E-state index contributed by atoms with van der Waals surface area (Å²) < 4.78 is 9.62. The van der Waals surface area contributed by atoms with Gasteiger partial charge in [-0.2, -0.15) is 5.10 Å². The summed E-state index contributed by atoms with van der Waals surface area (Å²) in [6, 6.07) is 19.4. The molecule has 1 aromatic carbocycles. The summed E-state index contributed by atoms with van der Waals surface area (Å²) in [6.45, 7) is 3.16. The van der Waals surface area contributed by atoms with Crippen LogP contribution in [0.25, 0.3) is 22.8 Å². The Morgan fingerprint density at radius 2 is 1.88 bits per heavy atom. The van der Waals surface area contributed by atoms with Gasteiger partial charge in [-0.05, 0) is 56.2 Å². The predicted octanol–water partition coefficient (Wildman–Crippen LogP) is 4.50. The van der Waals surface area contributed by atoms with Gasteiger partial charge in [-0.3, -0.25) is 9.20 Å². The fraction of sp³-hybridized carbons (Fsp3) is 0.231. The highest BCUT2D eigenvalue weighted by atomic mass is 16.3. The molecule has 1 aliphatic rings. The minimum Gasteiger partial charge on any atom is -0.460 e. The number of carbonyl (C=O) groups excluding carboxylic acids is 1. The summed E-state index contributed by atoms with van der Waals surface area (Å²) in [7, 11) is 0. The van der Waals surface area contributed by atoms with Crippen molar-refractivity contribution in [1.29, 1.82) is 0 Å². The van der Waals surface area contributed by atoms with Crippen LogP contribution in [0.3, 0.4) is 0 Å². The van der Waals surface area contributed by atoms with Crippen molar-refractivity contribution in [3.05, 3.63) is 90.2 Å². The lowest BCUT2D eigenvalue weighted by Crippen LogP contribution is -2.39. The zero-order valence-electron chi connectivity index (χ0n) is 18.8. The van der Waals surface area contributed by atoms with E-state index in [4.69, 9.17) is 9.52 Å². The number of benzene rings is 1. The number of hydrogen-bond donors (Lipinski definition) is 0. The molecular formula is C26H24N6O2. The highest BCUT2D eigenvalue weighted by Gasteiger charge is 2.31. The van der Waals surface area contributed by atoms with Crippen molar-refractivity contribution >= 4 is 11.6 Å². The Balaban J connectivity index is 1.35. The molecular weight excluding hydrogens is 428 g/mol. The number of likely N-dealkylation sites (tertiary alicyclic amines) is 1. The van der Waals surface area contributed by atoms with Gasteiger partial charge in [0.15, 0.2) is 11.4 Å². The van der Waals surface area contributed by atoms with E-state index in [0.717, 1.165) is 35.8 Å². The van der Waals surface area contributed by atoms with Crippen LogP contribution in [0.5, 0.6) is 0 Å². The van der Waals surface area contributed by atoms with Crippen LogP contribution in [-0.2, 0) is 0 Å². The van der Waals surface area contributed by atoms with E-state index in [2.05, 4.69) is 10.2 Å². The molecule has 0 aliphatic carbocycles. The fourth-order valence-corrected chi connectivity index (χ4v) is 4.67. The monoisotopic (exact) mass is 452 g/mol. The Bertz CT molecular complexity index is 1470. The SMILES string of the molecule is Cc1ccc(-c2nn(-c3ccccc3)cc2C(=O)N2CCCC(c3nnc4ccccn34)C2)o1. The molecule has 0 N–H and O–H groups in total. The normalized spacial score (nSPS) is 16.3. The van der Waals surface area contributed by atoms with Gasteiger partial charge in [0.25, 0.3) is 5.91 Å². The zero-order valence-corrected chi connectivity index (χ0v) is 18.8. The maximum Gasteiger partial charge on any atom is 0.257 e. The van der Waals surface area contributed by atoms with Crippen molar-refractivity contribution in [2.45, 2.75) is 25.7 Å². The molecule has 0 saturated carbocycles. The molecule has 5 aromatic rings. The molecule has 34 heavy (non-hydrogen) atoms. The number of amides is 1. The number of nitrogens with zero attached hydrogens (tertiary/aromatic N) is 6. The molecule has 0 radical (unpaired) electrons. The van der Waals surface area contributed by atoms with Gasteiger partial charge in [0.05, 0.1) is 11.3 Å². The van der Waals surface area contributed by atoms with Gasteiger partial charge in [-0.1, -0.05) is 24.3 Å². The third kappa shape index (κ3) is 3.57. The summed E-state index contributed by atoms with van der Waals surface area (Å²) in [5.74, 6) is 2.33. The molecule has 5 heterocycles. The molecule has 1 atom stereocenters. The van der Waals surface area contributed by atoms with Crippen LogP contribution in [-0.4, -0.2) is 48.3 Å². The number of rotatable bonds is 4. The summed E-state index contributed by atoms with van der Waals surface area (Å²) in [6.07, 6.45) is 5.65. The minimum atomic E-state index is -0.0512. The zero-order chi connectivity index (χ0) is 23.1. The van der Waals surface area contributed by atoms with E-state index in [-0.39, 0.29) is 11.8 Å². The Morgan fingerprint density at radius 3 is 2.71 bits per heavy atom. The molecule has 0 spiro atoms. The van der Waals surface area contributed by atoms with E-state index in [1.54, 1.807) is 10.9 Å². The molecule has 6 rings (SSSR count). The van der Waals surface area contributed by atoms with Gasteiger partial charge in [0, 0.05) is 31.4 Å². The molecule has 170 valence electrons. The van der Waals surface area contributed by atoms with Crippen molar-refractivity contribution in [1.82, 2.24) is 29.3 Å². The molecule has 8 heteroatoms. The second-order valence-electron chi connectivity index (χ2n) is 8.66. The molecule has 1 aliphatic heterocycles. The number of furan rings is 1. The Kier molecular flexibility index (Phi) is 4.98. The van der Waals surface area contributed by atoms with Crippen LogP contribution in [0, 0.1) is 6.92 Å². The molecule has 4 aromatic heterocycles. The summed E-state index contributed by atoms with van der Waals surface area (Å²) >= 11 is 0. The molecule has 8 nitrogen and oxygen atoms in total. The van der Waals surface area contributed by atoms with Crippen LogP contribution < -0.4 is 0 Å². The van der Waals surface area contributed by atoms with Crippen molar-refractivity contribution in [3.8, 4) is 17.1 Å². The molecule has 0 bridgehead atoms. The molecule has 1 fully saturated rings. The summed E-state index contributed by atoms with van der Waals surface area (Å²) in [4.78, 5) is 15.7. The van der Waals surface area contributed by atoms with Crippen molar-refractivity contribution in [2.24, 2.45) is 0 Å². The lowest BCUT2D eigenvalue weighted by atomic mass is 9.96. The number of carbonyl (C=O) groups is 1. The van der Waals surface area contributed by atoms with E-state index in [0.29, 0.717) is 30.1 Å². The highest BCUT2D eigenvalue weighted by Crippen LogP contribution is 2.30. The van der Waals surface area contributed by atoms with Gasteiger partial charge in [-0.25, -0.2) is 4.68 Å². The van der Waals surface area contributed by atoms with Crippen LogP contribution in [0.1, 0.15) is 40.7 Å².